The highest BCUT2D eigenvalue weighted by Crippen LogP contribution is 2.30. The monoisotopic (exact) mass is 284 g/mol. The first-order valence-corrected chi connectivity index (χ1v) is 6.91. The van der Waals surface area contributed by atoms with E-state index in [0.29, 0.717) is 25.8 Å². The summed E-state index contributed by atoms with van der Waals surface area (Å²) in [7, 11) is 0. The molecule has 2 fully saturated rings. The Morgan fingerprint density at radius 3 is 2.55 bits per heavy atom. The molecule has 0 aromatic carbocycles. The van der Waals surface area contributed by atoms with Gasteiger partial charge in [-0.25, -0.2) is 0 Å². The minimum Gasteiger partial charge on any atom is -0.481 e. The number of rotatable bonds is 3. The zero-order valence-electron chi connectivity index (χ0n) is 11.3. The quantitative estimate of drug-likeness (QED) is 0.732. The molecule has 1 saturated heterocycles. The number of nitrogens with two attached hydrogens (primary N) is 1. The number of carboxylic acid groups (broad SMARTS) is 1. The molecule has 3 unspecified atom stereocenters. The summed E-state index contributed by atoms with van der Waals surface area (Å²) in [6.07, 6.45) is 1.71. The highest BCUT2D eigenvalue weighted by molar-refractivity contribution is 5.83. The van der Waals surface area contributed by atoms with Crippen LogP contribution in [0.25, 0.3) is 0 Å². The minimum atomic E-state index is -0.834. The predicted octanol–water partition coefficient (Wildman–Crippen LogP) is -0.410. The molecule has 1 aliphatic heterocycles. The molecule has 7 nitrogen and oxygen atoms in total. The van der Waals surface area contributed by atoms with Crippen molar-refractivity contribution in [3.63, 3.8) is 0 Å². The second-order valence-corrected chi connectivity index (χ2v) is 5.44. The van der Waals surface area contributed by atoms with Gasteiger partial charge in [-0.1, -0.05) is 6.42 Å². The largest absolute Gasteiger partial charge is 0.481 e. The lowest BCUT2D eigenvalue weighted by Crippen LogP contribution is -2.52. The predicted molar refractivity (Wildman–Crippen MR) is 68.6 cm³/mol. The first kappa shape index (κ1) is 14.8. The van der Waals surface area contributed by atoms with Gasteiger partial charge in [0.1, 0.15) is 0 Å². The molecule has 7 heteroatoms. The van der Waals surface area contributed by atoms with Crippen LogP contribution in [0, 0.1) is 11.8 Å². The van der Waals surface area contributed by atoms with Crippen LogP contribution in [0.3, 0.4) is 0 Å². The maximum atomic E-state index is 12.4. The van der Waals surface area contributed by atoms with E-state index in [1.807, 2.05) is 0 Å². The molecule has 2 rings (SSSR count). The van der Waals surface area contributed by atoms with Crippen molar-refractivity contribution < 1.29 is 24.2 Å². The minimum absolute atomic E-state index is 0.0782. The zero-order valence-corrected chi connectivity index (χ0v) is 11.3. The fourth-order valence-electron chi connectivity index (χ4n) is 2.92. The normalized spacial score (nSPS) is 30.8. The fraction of sp³-hybridized carbons (Fsp3) is 0.769. The molecule has 3 atom stereocenters. The molecular weight excluding hydrogens is 264 g/mol. The highest BCUT2D eigenvalue weighted by Gasteiger charge is 2.35. The molecule has 3 N–H and O–H groups in total. The first-order valence-electron chi connectivity index (χ1n) is 6.91. The molecule has 0 spiro atoms. The number of carbonyl (C=O) groups is 3. The molecule has 2 aliphatic rings. The number of morpholine rings is 1. The Morgan fingerprint density at radius 1 is 1.20 bits per heavy atom. The Balaban J connectivity index is 1.96. The smallest absolute Gasteiger partial charge is 0.306 e. The Morgan fingerprint density at radius 2 is 1.90 bits per heavy atom. The number of amides is 2. The summed E-state index contributed by atoms with van der Waals surface area (Å²) in [6, 6.07) is 0. The van der Waals surface area contributed by atoms with Gasteiger partial charge in [0.05, 0.1) is 19.1 Å². The maximum Gasteiger partial charge on any atom is 0.306 e. The van der Waals surface area contributed by atoms with E-state index in [4.69, 9.17) is 15.6 Å². The van der Waals surface area contributed by atoms with Crippen LogP contribution in [0.5, 0.6) is 0 Å². The molecule has 0 aromatic rings. The van der Waals surface area contributed by atoms with E-state index in [-0.39, 0.29) is 25.0 Å². The van der Waals surface area contributed by atoms with E-state index in [0.717, 1.165) is 6.42 Å². The van der Waals surface area contributed by atoms with E-state index in [2.05, 4.69) is 0 Å². The van der Waals surface area contributed by atoms with Crippen LogP contribution in [-0.4, -0.2) is 53.6 Å². The maximum absolute atomic E-state index is 12.4. The summed E-state index contributed by atoms with van der Waals surface area (Å²) in [6.45, 7) is 0.883. The molecule has 1 saturated carbocycles. The van der Waals surface area contributed by atoms with Crippen molar-refractivity contribution in [3.8, 4) is 0 Å². The first-order chi connectivity index (χ1) is 9.49. The van der Waals surface area contributed by atoms with Crippen molar-refractivity contribution in [1.82, 2.24) is 4.90 Å². The van der Waals surface area contributed by atoms with Gasteiger partial charge >= 0.3 is 5.97 Å². The highest BCUT2D eigenvalue weighted by atomic mass is 16.5. The van der Waals surface area contributed by atoms with Gasteiger partial charge in [0.15, 0.2) is 6.10 Å². The molecule has 0 radical (unpaired) electrons. The number of hydrogen-bond donors (Lipinski definition) is 2. The average Bonchev–Trinajstić information content (AvgIpc) is 2.46. The van der Waals surface area contributed by atoms with Gasteiger partial charge in [-0.3, -0.25) is 14.4 Å². The average molecular weight is 284 g/mol. The number of aliphatic carboxylic acids is 1. The summed E-state index contributed by atoms with van der Waals surface area (Å²) < 4.78 is 5.20. The lowest BCUT2D eigenvalue weighted by Gasteiger charge is -2.35. The lowest BCUT2D eigenvalue weighted by molar-refractivity contribution is -0.151. The number of carbonyl (C=O) groups excluding carboxylic acids is 2. The Hall–Kier alpha value is -1.63. The van der Waals surface area contributed by atoms with Gasteiger partial charge < -0.3 is 20.5 Å². The van der Waals surface area contributed by atoms with E-state index < -0.39 is 23.9 Å². The van der Waals surface area contributed by atoms with Gasteiger partial charge in [-0.15, -0.1) is 0 Å². The molecule has 2 amide bonds. The molecule has 0 aromatic heterocycles. The molecular formula is C13H20N2O5. The fourth-order valence-corrected chi connectivity index (χ4v) is 2.92. The Bertz CT molecular complexity index is 376. The van der Waals surface area contributed by atoms with Gasteiger partial charge in [0.2, 0.25) is 11.8 Å². The van der Waals surface area contributed by atoms with Gasteiger partial charge in [-0.05, 0) is 19.3 Å². The summed E-state index contributed by atoms with van der Waals surface area (Å²) in [4.78, 5) is 36.1. The molecule has 20 heavy (non-hydrogen) atoms. The van der Waals surface area contributed by atoms with Crippen molar-refractivity contribution in [2.24, 2.45) is 17.6 Å². The van der Waals surface area contributed by atoms with Crippen LogP contribution in [0.4, 0.5) is 0 Å². The van der Waals surface area contributed by atoms with Crippen LogP contribution in [0.2, 0.25) is 0 Å². The summed E-state index contributed by atoms with van der Waals surface area (Å²) in [5.74, 6) is -2.19. The number of carboxylic acids is 1. The Labute approximate surface area is 117 Å². The number of hydrogen-bond acceptors (Lipinski definition) is 4. The van der Waals surface area contributed by atoms with E-state index in [1.165, 1.54) is 0 Å². The van der Waals surface area contributed by atoms with Crippen LogP contribution < -0.4 is 5.73 Å². The second kappa shape index (κ2) is 6.21. The third-order valence-electron chi connectivity index (χ3n) is 4.07. The van der Waals surface area contributed by atoms with Crippen molar-refractivity contribution >= 4 is 17.8 Å². The Kier molecular flexibility index (Phi) is 4.59. The van der Waals surface area contributed by atoms with E-state index in [1.54, 1.807) is 4.90 Å². The molecule has 1 aliphatic carbocycles. The van der Waals surface area contributed by atoms with Crippen molar-refractivity contribution in [2.75, 3.05) is 19.7 Å². The van der Waals surface area contributed by atoms with Gasteiger partial charge in [-0.2, -0.15) is 0 Å². The molecule has 112 valence electrons. The molecule has 1 heterocycles. The van der Waals surface area contributed by atoms with Crippen molar-refractivity contribution in [1.29, 1.82) is 0 Å². The molecule has 0 bridgehead atoms. The van der Waals surface area contributed by atoms with Gasteiger partial charge in [0.25, 0.3) is 0 Å². The third-order valence-corrected chi connectivity index (χ3v) is 4.07. The van der Waals surface area contributed by atoms with Crippen LogP contribution in [-0.2, 0) is 19.1 Å². The zero-order chi connectivity index (χ0) is 14.7. The number of ether oxygens (including phenoxy) is 1. The van der Waals surface area contributed by atoms with E-state index >= 15 is 0 Å². The van der Waals surface area contributed by atoms with Crippen LogP contribution >= 0.6 is 0 Å². The number of primary amides is 1. The second-order valence-electron chi connectivity index (χ2n) is 5.44. The van der Waals surface area contributed by atoms with Gasteiger partial charge in [0, 0.05) is 12.5 Å². The standard InChI is InChI=1S/C13H20N2O5/c14-11(16)10-7-15(4-5-20-10)12(17)8-2-1-3-9(6-8)13(18)19/h8-10H,1-7H2,(H2,14,16)(H,18,19). The SMILES string of the molecule is NC(=O)C1CN(C(=O)C2CCCC(C(=O)O)C2)CCO1. The lowest BCUT2D eigenvalue weighted by atomic mass is 9.80. The van der Waals surface area contributed by atoms with Crippen molar-refractivity contribution in [2.45, 2.75) is 31.8 Å². The number of nitrogens with zero attached hydrogens (tertiary/aromatic N) is 1. The van der Waals surface area contributed by atoms with Crippen molar-refractivity contribution in [3.05, 3.63) is 0 Å². The third kappa shape index (κ3) is 3.27. The van der Waals surface area contributed by atoms with Crippen LogP contribution in [0.15, 0.2) is 0 Å². The summed E-state index contributed by atoms with van der Waals surface area (Å²) in [5.41, 5.74) is 5.19. The summed E-state index contributed by atoms with van der Waals surface area (Å²) >= 11 is 0. The summed E-state index contributed by atoms with van der Waals surface area (Å²) in [5, 5.41) is 9.06. The van der Waals surface area contributed by atoms with E-state index in [9.17, 15) is 14.4 Å². The van der Waals surface area contributed by atoms with Crippen LogP contribution in [0.1, 0.15) is 25.7 Å². The topological polar surface area (TPSA) is 110 Å².